The summed E-state index contributed by atoms with van der Waals surface area (Å²) in [7, 11) is 0. The highest BCUT2D eigenvalue weighted by atomic mass is 16.7. The number of Topliss-reactive ketones (excluding diaryl/α,β-unsaturated/α-hetero) is 1. The van der Waals surface area contributed by atoms with E-state index in [0.29, 0.717) is 22.9 Å². The molecule has 0 fully saturated rings. The average Bonchev–Trinajstić information content (AvgIpc) is 2.84. The summed E-state index contributed by atoms with van der Waals surface area (Å²) in [4.78, 5) is 27.9. The van der Waals surface area contributed by atoms with Crippen LogP contribution in [0.5, 0.6) is 11.5 Å². The van der Waals surface area contributed by atoms with Crippen LogP contribution >= 0.6 is 0 Å². The molecule has 1 atom stereocenters. The first-order valence-electron chi connectivity index (χ1n) is 6.43. The Morgan fingerprint density at radius 3 is 2.81 bits per heavy atom. The number of fused-ring (bicyclic) bond motifs is 1. The van der Waals surface area contributed by atoms with Crippen LogP contribution in [0.15, 0.2) is 35.0 Å². The maximum absolute atomic E-state index is 11.9. The maximum atomic E-state index is 11.9. The van der Waals surface area contributed by atoms with Gasteiger partial charge in [0.2, 0.25) is 12.7 Å². The van der Waals surface area contributed by atoms with Gasteiger partial charge in [0.1, 0.15) is 11.5 Å². The van der Waals surface area contributed by atoms with E-state index in [0.717, 1.165) is 0 Å². The van der Waals surface area contributed by atoms with E-state index in [2.05, 4.69) is 4.99 Å². The summed E-state index contributed by atoms with van der Waals surface area (Å²) >= 11 is 0. The molecule has 2 aliphatic rings. The number of hydrogen-bond donors (Lipinski definition) is 0. The molecule has 0 bridgehead atoms. The first kappa shape index (κ1) is 13.4. The average molecular weight is 287 g/mol. The number of nitrogens with zero attached hydrogens (tertiary/aromatic N) is 1. The van der Waals surface area contributed by atoms with E-state index >= 15 is 0 Å². The van der Waals surface area contributed by atoms with Gasteiger partial charge in [0, 0.05) is 12.1 Å². The van der Waals surface area contributed by atoms with E-state index in [9.17, 15) is 9.59 Å². The summed E-state index contributed by atoms with van der Waals surface area (Å²) in [6.07, 6.45) is 1.31. The van der Waals surface area contributed by atoms with Gasteiger partial charge in [0.05, 0.1) is 5.69 Å². The highest BCUT2D eigenvalue weighted by molar-refractivity contribution is 6.23. The van der Waals surface area contributed by atoms with Crippen molar-refractivity contribution in [1.82, 2.24) is 0 Å². The van der Waals surface area contributed by atoms with Crippen LogP contribution in [-0.4, -0.2) is 24.3 Å². The summed E-state index contributed by atoms with van der Waals surface area (Å²) in [6, 6.07) is 5.10. The summed E-state index contributed by atoms with van der Waals surface area (Å²) in [5.41, 5.74) is 0.531. The van der Waals surface area contributed by atoms with Gasteiger partial charge in [-0.25, -0.2) is 4.99 Å². The molecule has 2 aliphatic heterocycles. The number of hydrogen-bond acceptors (Lipinski definition) is 6. The Bertz CT molecular complexity index is 689. The molecule has 1 aromatic rings. The van der Waals surface area contributed by atoms with Crippen molar-refractivity contribution >= 4 is 23.2 Å². The van der Waals surface area contributed by atoms with E-state index in [1.807, 2.05) is 0 Å². The second-order valence-corrected chi connectivity index (χ2v) is 4.79. The molecule has 1 aromatic carbocycles. The molecule has 1 unspecified atom stereocenters. The van der Waals surface area contributed by atoms with E-state index in [1.54, 1.807) is 25.1 Å². The van der Waals surface area contributed by atoms with Gasteiger partial charge in [-0.3, -0.25) is 9.59 Å². The van der Waals surface area contributed by atoms with Crippen LogP contribution in [0, 0.1) is 5.92 Å². The Morgan fingerprint density at radius 1 is 1.29 bits per heavy atom. The second kappa shape index (κ2) is 5.05. The smallest absolute Gasteiger partial charge is 0.231 e. The van der Waals surface area contributed by atoms with E-state index in [1.165, 1.54) is 13.0 Å². The SMILES string of the molecule is CC(=O)C1C(=O)C=C(C)OC1=Nc1ccc2c(c1)OCO2. The first-order valence-corrected chi connectivity index (χ1v) is 6.43. The van der Waals surface area contributed by atoms with Crippen LogP contribution in [0.2, 0.25) is 0 Å². The lowest BCUT2D eigenvalue weighted by Crippen LogP contribution is -2.34. The minimum atomic E-state index is -0.987. The van der Waals surface area contributed by atoms with Crippen molar-refractivity contribution < 1.29 is 23.8 Å². The topological polar surface area (TPSA) is 74.2 Å². The zero-order valence-electron chi connectivity index (χ0n) is 11.6. The molecule has 0 N–H and O–H groups in total. The van der Waals surface area contributed by atoms with Crippen molar-refractivity contribution in [2.75, 3.05) is 6.79 Å². The number of benzene rings is 1. The van der Waals surface area contributed by atoms with Crippen LogP contribution in [0.25, 0.3) is 0 Å². The van der Waals surface area contributed by atoms with Crippen molar-refractivity contribution in [3.8, 4) is 11.5 Å². The number of carbonyl (C=O) groups is 2. The third-order valence-electron chi connectivity index (χ3n) is 3.14. The lowest BCUT2D eigenvalue weighted by Gasteiger charge is -2.20. The Morgan fingerprint density at radius 2 is 2.05 bits per heavy atom. The molecule has 6 nitrogen and oxygen atoms in total. The monoisotopic (exact) mass is 287 g/mol. The Labute approximate surface area is 121 Å². The molecular weight excluding hydrogens is 274 g/mol. The molecule has 0 spiro atoms. The van der Waals surface area contributed by atoms with Crippen LogP contribution in [0.4, 0.5) is 5.69 Å². The number of ether oxygens (including phenoxy) is 3. The van der Waals surface area contributed by atoms with Crippen LogP contribution < -0.4 is 9.47 Å². The van der Waals surface area contributed by atoms with Crippen LogP contribution in [-0.2, 0) is 14.3 Å². The fourth-order valence-electron chi connectivity index (χ4n) is 2.20. The molecular formula is C15H13NO5. The molecule has 0 saturated heterocycles. The quantitative estimate of drug-likeness (QED) is 0.779. The molecule has 21 heavy (non-hydrogen) atoms. The maximum Gasteiger partial charge on any atom is 0.231 e. The minimum Gasteiger partial charge on any atom is -0.454 e. The Kier molecular flexibility index (Phi) is 3.21. The fraction of sp³-hybridized carbons (Fsp3) is 0.267. The minimum absolute atomic E-state index is 0.0892. The summed E-state index contributed by atoms with van der Waals surface area (Å²) < 4.78 is 15.9. The van der Waals surface area contributed by atoms with Gasteiger partial charge in [-0.05, 0) is 26.0 Å². The first-order chi connectivity index (χ1) is 10.0. The Hall–Kier alpha value is -2.63. The third-order valence-corrected chi connectivity index (χ3v) is 3.14. The standard InChI is InChI=1S/C15H13NO5/c1-8-5-11(18)14(9(2)17)15(21-8)16-10-3-4-12-13(6-10)20-7-19-12/h3-6,14H,7H2,1-2H3. The molecule has 108 valence electrons. The van der Waals surface area contributed by atoms with Gasteiger partial charge in [-0.15, -0.1) is 0 Å². The highest BCUT2D eigenvalue weighted by Crippen LogP contribution is 2.35. The van der Waals surface area contributed by atoms with Crippen molar-refractivity contribution in [3.63, 3.8) is 0 Å². The van der Waals surface area contributed by atoms with Crippen molar-refractivity contribution in [1.29, 1.82) is 0 Å². The van der Waals surface area contributed by atoms with Crippen molar-refractivity contribution in [3.05, 3.63) is 30.0 Å². The second-order valence-electron chi connectivity index (χ2n) is 4.79. The number of aliphatic imine (C=N–C) groups is 1. The van der Waals surface area contributed by atoms with Gasteiger partial charge < -0.3 is 14.2 Å². The van der Waals surface area contributed by atoms with Crippen LogP contribution in [0.3, 0.4) is 0 Å². The van der Waals surface area contributed by atoms with E-state index in [4.69, 9.17) is 14.2 Å². The van der Waals surface area contributed by atoms with Gasteiger partial charge in [0.15, 0.2) is 23.2 Å². The van der Waals surface area contributed by atoms with E-state index in [-0.39, 0.29) is 24.3 Å². The van der Waals surface area contributed by atoms with E-state index < -0.39 is 5.92 Å². The highest BCUT2D eigenvalue weighted by Gasteiger charge is 2.33. The molecule has 2 heterocycles. The molecule has 6 heteroatoms. The van der Waals surface area contributed by atoms with Gasteiger partial charge in [-0.2, -0.15) is 0 Å². The molecule has 0 radical (unpaired) electrons. The molecule has 3 rings (SSSR count). The third kappa shape index (κ3) is 2.52. The Balaban J connectivity index is 1.99. The predicted molar refractivity (Wildman–Crippen MR) is 73.7 cm³/mol. The number of carbonyl (C=O) groups excluding carboxylic acids is 2. The number of rotatable bonds is 2. The zero-order valence-corrected chi connectivity index (χ0v) is 11.6. The molecule has 0 aromatic heterocycles. The zero-order chi connectivity index (χ0) is 15.0. The summed E-state index contributed by atoms with van der Waals surface area (Å²) in [5.74, 6) is 0.112. The van der Waals surface area contributed by atoms with Crippen molar-refractivity contribution in [2.45, 2.75) is 13.8 Å². The van der Waals surface area contributed by atoms with Gasteiger partial charge in [0.25, 0.3) is 0 Å². The molecule has 0 amide bonds. The summed E-state index contributed by atoms with van der Waals surface area (Å²) in [5, 5.41) is 0. The normalized spacial score (nSPS) is 22.0. The fourth-order valence-corrected chi connectivity index (χ4v) is 2.20. The predicted octanol–water partition coefficient (Wildman–Crippen LogP) is 2.15. The molecule has 0 saturated carbocycles. The van der Waals surface area contributed by atoms with Crippen molar-refractivity contribution in [2.24, 2.45) is 10.9 Å². The summed E-state index contributed by atoms with van der Waals surface area (Å²) in [6.45, 7) is 3.15. The molecule has 0 aliphatic carbocycles. The number of allylic oxidation sites excluding steroid dienone is 2. The lowest BCUT2D eigenvalue weighted by molar-refractivity contribution is -0.127. The lowest BCUT2D eigenvalue weighted by atomic mass is 9.97. The van der Waals surface area contributed by atoms with Gasteiger partial charge in [-0.1, -0.05) is 0 Å². The number of ketones is 2. The largest absolute Gasteiger partial charge is 0.454 e. The van der Waals surface area contributed by atoms with Crippen LogP contribution in [0.1, 0.15) is 13.8 Å². The van der Waals surface area contributed by atoms with Gasteiger partial charge >= 0.3 is 0 Å².